The second-order valence-electron chi connectivity index (χ2n) is 8.96. The Morgan fingerprint density at radius 1 is 0.921 bits per heavy atom. The first-order valence-corrected chi connectivity index (χ1v) is 16.6. The summed E-state index contributed by atoms with van der Waals surface area (Å²) in [5.74, 6) is -3.74. The van der Waals surface area contributed by atoms with Crippen molar-refractivity contribution >= 4 is 43.4 Å². The van der Waals surface area contributed by atoms with Gasteiger partial charge in [0.2, 0.25) is 0 Å². The molecule has 0 saturated carbocycles. The Balaban J connectivity index is 0.0000137. The van der Waals surface area contributed by atoms with Crippen molar-refractivity contribution in [1.29, 1.82) is 0 Å². The molecular weight excluding hydrogens is 567 g/mol. The molecule has 1 aromatic heterocycles. The van der Waals surface area contributed by atoms with Crippen LogP contribution >= 0.6 is 11.3 Å². The third-order valence-corrected chi connectivity index (χ3v) is 9.22. The number of nitrogens with one attached hydrogen (secondary N) is 1. The number of aliphatic carboxylic acids is 1. The summed E-state index contributed by atoms with van der Waals surface area (Å²) < 4.78 is 57.6. The molecule has 214 valence electrons. The van der Waals surface area contributed by atoms with Gasteiger partial charge in [-0.05, 0) is 30.6 Å². The first-order chi connectivity index (χ1) is 17.4. The molecule has 0 aliphatic carbocycles. The molecule has 1 heterocycles. The number of unbranched alkanes of at least 4 members (excludes halogenated alkanes) is 10. The van der Waals surface area contributed by atoms with Crippen molar-refractivity contribution in [3.8, 4) is 0 Å². The number of carbonyl (C=O) groups is 2. The maximum absolute atomic E-state index is 12.9. The van der Waals surface area contributed by atoms with Gasteiger partial charge < -0.3 is 14.7 Å². The van der Waals surface area contributed by atoms with Crippen LogP contribution in [0.2, 0.25) is 0 Å². The third-order valence-electron chi connectivity index (χ3n) is 5.69. The molecule has 0 amide bonds. The predicted octanol–water partition coefficient (Wildman–Crippen LogP) is 0.0860. The van der Waals surface area contributed by atoms with Gasteiger partial charge in [-0.1, -0.05) is 78.1 Å². The Hall–Kier alpha value is -0.610. The average Bonchev–Trinajstić information content (AvgIpc) is 3.23. The van der Waals surface area contributed by atoms with Crippen LogP contribution in [0, 0.1) is 0 Å². The number of carboxylic acid groups (broad SMARTS) is 1. The van der Waals surface area contributed by atoms with Gasteiger partial charge in [0.15, 0.2) is 10.3 Å². The molecule has 11 nitrogen and oxygen atoms in total. The molecule has 1 atom stereocenters. The number of carboxylic acids is 1. The van der Waals surface area contributed by atoms with Crippen LogP contribution in [0.5, 0.6) is 0 Å². The van der Waals surface area contributed by atoms with E-state index in [0.29, 0.717) is 22.7 Å². The Labute approximate surface area is 252 Å². The Kier molecular flexibility index (Phi) is 19.2. The van der Waals surface area contributed by atoms with Gasteiger partial charge >= 0.3 is 35.5 Å². The number of aromatic nitrogens is 1. The van der Waals surface area contributed by atoms with Crippen molar-refractivity contribution in [1.82, 2.24) is 9.87 Å². The number of nitrogens with zero attached hydrogens (tertiary/aromatic N) is 1. The minimum atomic E-state index is -5.18. The summed E-state index contributed by atoms with van der Waals surface area (Å²) in [6.07, 6.45) is 12.1. The number of rotatable bonds is 21. The van der Waals surface area contributed by atoms with Gasteiger partial charge in [0.25, 0.3) is 20.1 Å². The molecule has 2 N–H and O–H groups in total. The van der Waals surface area contributed by atoms with Crippen LogP contribution in [0.15, 0.2) is 5.03 Å². The third kappa shape index (κ3) is 14.7. The number of sulfonamides is 1. The van der Waals surface area contributed by atoms with Gasteiger partial charge in [-0.15, -0.1) is 11.3 Å². The average molecular weight is 607 g/mol. The smallest absolute Gasteiger partial charge is 0.550 e. The van der Waals surface area contributed by atoms with Crippen LogP contribution in [0.4, 0.5) is 0 Å². The number of aryl methyl sites for hydroxylation is 2. The van der Waals surface area contributed by atoms with Crippen molar-refractivity contribution in [3.63, 3.8) is 0 Å². The number of hydrogen-bond donors (Lipinski definition) is 2. The fraction of sp³-hybridized carbons (Fsp3) is 0.783. The SMILES string of the molecule is CCCCCCCCc1nc(S(=O)(=O)NOC(=O)C(CC(=O)[O-])S(=O)(=O)O)c(CCCCCCCC)s1.[Na+]. The maximum Gasteiger partial charge on any atom is 1.00 e. The van der Waals surface area contributed by atoms with Crippen molar-refractivity contribution in [2.45, 2.75) is 120 Å². The van der Waals surface area contributed by atoms with Crippen LogP contribution in [0.1, 0.15) is 107 Å². The summed E-state index contributed by atoms with van der Waals surface area (Å²) in [7, 11) is -9.68. The van der Waals surface area contributed by atoms with E-state index in [1.807, 2.05) is 0 Å². The molecule has 0 bridgehead atoms. The molecule has 0 aliphatic rings. The van der Waals surface area contributed by atoms with E-state index < -0.39 is 43.8 Å². The minimum absolute atomic E-state index is 0. The van der Waals surface area contributed by atoms with Crippen molar-refractivity contribution < 1.29 is 70.5 Å². The van der Waals surface area contributed by atoms with Gasteiger partial charge in [-0.2, -0.15) is 8.42 Å². The van der Waals surface area contributed by atoms with E-state index in [0.717, 1.165) is 70.6 Å². The maximum atomic E-state index is 12.9. The van der Waals surface area contributed by atoms with Gasteiger partial charge in [-0.25, -0.2) is 18.2 Å². The van der Waals surface area contributed by atoms with Crippen LogP contribution < -0.4 is 39.5 Å². The molecule has 0 spiro atoms. The molecule has 0 aromatic carbocycles. The molecule has 0 fully saturated rings. The zero-order valence-electron chi connectivity index (χ0n) is 22.6. The summed E-state index contributed by atoms with van der Waals surface area (Å²) in [6, 6.07) is 0. The summed E-state index contributed by atoms with van der Waals surface area (Å²) in [6.45, 7) is 4.26. The molecule has 0 radical (unpaired) electrons. The molecule has 1 rings (SSSR count). The number of hydrogen-bond acceptors (Lipinski definition) is 10. The number of carbonyl (C=O) groups excluding carboxylic acids is 2. The minimum Gasteiger partial charge on any atom is -0.550 e. The van der Waals surface area contributed by atoms with Gasteiger partial charge in [0.1, 0.15) is 0 Å². The zero-order chi connectivity index (χ0) is 27.9. The normalized spacial score (nSPS) is 12.6. The summed E-state index contributed by atoms with van der Waals surface area (Å²) in [4.78, 5) is 33.5. The molecule has 1 unspecified atom stereocenters. The van der Waals surface area contributed by atoms with E-state index in [4.69, 9.17) is 4.55 Å². The summed E-state index contributed by atoms with van der Waals surface area (Å²) in [5, 5.41) is 8.52. The molecule has 0 aliphatic heterocycles. The van der Waals surface area contributed by atoms with E-state index >= 15 is 0 Å². The van der Waals surface area contributed by atoms with Crippen LogP contribution in [-0.4, -0.2) is 43.6 Å². The fourth-order valence-corrected chi connectivity index (χ4v) is 6.74. The van der Waals surface area contributed by atoms with E-state index in [2.05, 4.69) is 23.7 Å². The van der Waals surface area contributed by atoms with Crippen molar-refractivity contribution in [2.24, 2.45) is 0 Å². The van der Waals surface area contributed by atoms with Crippen LogP contribution in [0.25, 0.3) is 0 Å². The van der Waals surface area contributed by atoms with E-state index in [1.54, 1.807) is 4.89 Å². The molecular formula is C23H39N2NaO9S3. The molecule has 0 saturated heterocycles. The standard InChI is InChI=1S/C23H40N2O9S3.Na/c1-3-5-7-9-11-13-15-18-22(24-20(35-18)16-14-12-10-8-6-4-2)36(29,30)25-34-23(28)19(17-21(26)27)37(31,32)33;/h19,25H,3-17H2,1-2H3,(H,26,27)(H,31,32,33);/q;+1/p-1. The fourth-order valence-electron chi connectivity index (χ4n) is 3.64. The Morgan fingerprint density at radius 2 is 1.42 bits per heavy atom. The largest absolute Gasteiger partial charge is 1.00 e. The predicted molar refractivity (Wildman–Crippen MR) is 138 cm³/mol. The summed E-state index contributed by atoms with van der Waals surface area (Å²) >= 11 is 1.28. The summed E-state index contributed by atoms with van der Waals surface area (Å²) in [5.41, 5.74) is 0. The van der Waals surface area contributed by atoms with E-state index in [-0.39, 0.29) is 34.6 Å². The topological polar surface area (TPSA) is 180 Å². The monoisotopic (exact) mass is 606 g/mol. The van der Waals surface area contributed by atoms with E-state index in [1.165, 1.54) is 17.8 Å². The molecule has 38 heavy (non-hydrogen) atoms. The van der Waals surface area contributed by atoms with Crippen LogP contribution in [0.3, 0.4) is 0 Å². The van der Waals surface area contributed by atoms with Crippen LogP contribution in [-0.2, 0) is 47.4 Å². The van der Waals surface area contributed by atoms with Gasteiger partial charge in [0.05, 0.1) is 5.01 Å². The molecule has 15 heteroatoms. The molecule has 1 aromatic rings. The second-order valence-corrected chi connectivity index (χ2v) is 13.3. The van der Waals surface area contributed by atoms with Crippen molar-refractivity contribution in [3.05, 3.63) is 9.88 Å². The Morgan fingerprint density at radius 3 is 1.92 bits per heavy atom. The number of thiazole rings is 1. The van der Waals surface area contributed by atoms with Gasteiger partial charge in [0, 0.05) is 17.3 Å². The first-order valence-electron chi connectivity index (χ1n) is 12.8. The van der Waals surface area contributed by atoms with Crippen molar-refractivity contribution in [2.75, 3.05) is 0 Å². The second kappa shape index (κ2) is 19.5. The first kappa shape index (κ1) is 37.4. The Bertz CT molecular complexity index is 1060. The van der Waals surface area contributed by atoms with E-state index in [9.17, 15) is 31.5 Å². The quantitative estimate of drug-likeness (QED) is 0.0842. The van der Waals surface area contributed by atoms with Gasteiger partial charge in [-0.3, -0.25) is 4.55 Å². The zero-order valence-corrected chi connectivity index (χ0v) is 27.0.